The van der Waals surface area contributed by atoms with Crippen LogP contribution < -0.4 is 10.1 Å². The summed E-state index contributed by atoms with van der Waals surface area (Å²) < 4.78 is 5.14. The fourth-order valence-electron chi connectivity index (χ4n) is 2.34. The minimum atomic E-state index is -0.206. The lowest BCUT2D eigenvalue weighted by Gasteiger charge is -2.02. The summed E-state index contributed by atoms with van der Waals surface area (Å²) in [7, 11) is 1.62. The summed E-state index contributed by atoms with van der Waals surface area (Å²) in [5.41, 5.74) is 1.74. The van der Waals surface area contributed by atoms with Gasteiger partial charge in [-0.05, 0) is 43.3 Å². The summed E-state index contributed by atoms with van der Waals surface area (Å²) in [6.45, 7) is 1.96. The molecule has 0 bridgehead atoms. The number of anilines is 1. The first-order valence-electron chi connectivity index (χ1n) is 8.04. The van der Waals surface area contributed by atoms with Gasteiger partial charge in [0.05, 0.1) is 17.7 Å². The standard InChI is InChI=1S/C19H18N2O3S2/c1-12-3-9-17(26-12)16(22)8-10-18(23)21-19-20-15(11-25-19)13-4-6-14(24-2)7-5-13/h3-7,9,11H,8,10H2,1-2H3,(H,20,21,23). The molecule has 2 heterocycles. The number of nitrogens with one attached hydrogen (secondary N) is 1. The van der Waals surface area contributed by atoms with E-state index in [9.17, 15) is 9.59 Å². The number of rotatable bonds is 7. The molecular formula is C19H18N2O3S2. The summed E-state index contributed by atoms with van der Waals surface area (Å²) >= 11 is 2.81. The van der Waals surface area contributed by atoms with Gasteiger partial charge in [0.1, 0.15) is 5.75 Å². The Balaban J connectivity index is 1.54. The predicted molar refractivity (Wildman–Crippen MR) is 105 cm³/mol. The number of thiophene rings is 1. The highest BCUT2D eigenvalue weighted by molar-refractivity contribution is 7.14. The van der Waals surface area contributed by atoms with E-state index in [0.717, 1.165) is 21.9 Å². The van der Waals surface area contributed by atoms with Gasteiger partial charge in [-0.1, -0.05) is 0 Å². The first-order valence-corrected chi connectivity index (χ1v) is 9.74. The molecule has 0 aliphatic rings. The lowest BCUT2D eigenvalue weighted by Crippen LogP contribution is -2.13. The van der Waals surface area contributed by atoms with Crippen LogP contribution in [0.1, 0.15) is 27.4 Å². The molecule has 0 fully saturated rings. The van der Waals surface area contributed by atoms with Gasteiger partial charge >= 0.3 is 0 Å². The summed E-state index contributed by atoms with van der Waals surface area (Å²) in [6.07, 6.45) is 0.343. The van der Waals surface area contributed by atoms with Crippen molar-refractivity contribution in [3.63, 3.8) is 0 Å². The number of ketones is 1. The van der Waals surface area contributed by atoms with E-state index in [1.54, 1.807) is 7.11 Å². The van der Waals surface area contributed by atoms with E-state index in [1.165, 1.54) is 22.7 Å². The third kappa shape index (κ3) is 4.56. The molecule has 134 valence electrons. The quantitative estimate of drug-likeness (QED) is 0.593. The number of Topliss-reactive ketones (excluding diaryl/α,β-unsaturated/α-hetero) is 1. The molecule has 0 saturated heterocycles. The molecule has 26 heavy (non-hydrogen) atoms. The van der Waals surface area contributed by atoms with E-state index in [1.807, 2.05) is 48.7 Å². The van der Waals surface area contributed by atoms with Gasteiger partial charge in [0.15, 0.2) is 10.9 Å². The van der Waals surface area contributed by atoms with Crippen molar-refractivity contribution in [2.45, 2.75) is 19.8 Å². The first-order chi connectivity index (χ1) is 12.5. The molecule has 0 aliphatic carbocycles. The summed E-state index contributed by atoms with van der Waals surface area (Å²) in [4.78, 5) is 30.4. The molecule has 0 unspecified atom stereocenters. The fraction of sp³-hybridized carbons (Fsp3) is 0.211. The molecule has 0 atom stereocenters. The number of thiazole rings is 1. The Bertz CT molecular complexity index is 913. The summed E-state index contributed by atoms with van der Waals surface area (Å²) in [6, 6.07) is 11.3. The summed E-state index contributed by atoms with van der Waals surface area (Å²) in [5, 5.41) is 5.18. The van der Waals surface area contributed by atoms with Crippen molar-refractivity contribution in [1.82, 2.24) is 4.98 Å². The number of aryl methyl sites for hydroxylation is 1. The van der Waals surface area contributed by atoms with E-state index >= 15 is 0 Å². The third-order valence-electron chi connectivity index (χ3n) is 3.73. The number of ether oxygens (including phenoxy) is 1. The monoisotopic (exact) mass is 386 g/mol. The van der Waals surface area contributed by atoms with Crippen molar-refractivity contribution in [2.75, 3.05) is 12.4 Å². The van der Waals surface area contributed by atoms with Gasteiger partial charge in [-0.25, -0.2) is 4.98 Å². The average molecular weight is 386 g/mol. The van der Waals surface area contributed by atoms with Crippen LogP contribution >= 0.6 is 22.7 Å². The van der Waals surface area contributed by atoms with Crippen LogP contribution in [0.5, 0.6) is 5.75 Å². The van der Waals surface area contributed by atoms with E-state index in [-0.39, 0.29) is 24.5 Å². The van der Waals surface area contributed by atoms with Crippen molar-refractivity contribution < 1.29 is 14.3 Å². The third-order valence-corrected chi connectivity index (χ3v) is 5.53. The molecule has 2 aromatic heterocycles. The predicted octanol–water partition coefficient (Wildman–Crippen LogP) is 4.79. The molecule has 1 aromatic carbocycles. The van der Waals surface area contributed by atoms with Crippen LogP contribution in [0.2, 0.25) is 0 Å². The van der Waals surface area contributed by atoms with Crippen molar-refractivity contribution in [3.05, 3.63) is 51.5 Å². The molecule has 0 spiro atoms. The van der Waals surface area contributed by atoms with E-state index in [2.05, 4.69) is 10.3 Å². The van der Waals surface area contributed by atoms with E-state index in [4.69, 9.17) is 4.74 Å². The van der Waals surface area contributed by atoms with Gasteiger partial charge in [0, 0.05) is 28.7 Å². The fourth-order valence-corrected chi connectivity index (χ4v) is 3.91. The maximum atomic E-state index is 12.1. The maximum Gasteiger partial charge on any atom is 0.226 e. The van der Waals surface area contributed by atoms with Crippen LogP contribution in [0.3, 0.4) is 0 Å². The number of carbonyl (C=O) groups excluding carboxylic acids is 2. The molecule has 1 N–H and O–H groups in total. The molecule has 0 radical (unpaired) electrons. The highest BCUT2D eigenvalue weighted by Crippen LogP contribution is 2.26. The van der Waals surface area contributed by atoms with Gasteiger partial charge in [-0.2, -0.15) is 0 Å². The Hall–Kier alpha value is -2.51. The number of amides is 1. The van der Waals surface area contributed by atoms with Gasteiger partial charge in [0.2, 0.25) is 5.91 Å². The molecule has 1 amide bonds. The van der Waals surface area contributed by atoms with Crippen molar-refractivity contribution in [3.8, 4) is 17.0 Å². The molecular weight excluding hydrogens is 368 g/mol. The van der Waals surface area contributed by atoms with E-state index in [0.29, 0.717) is 10.0 Å². The number of hydrogen-bond acceptors (Lipinski definition) is 6. The zero-order chi connectivity index (χ0) is 18.5. The molecule has 3 rings (SSSR count). The van der Waals surface area contributed by atoms with Gasteiger partial charge in [-0.3, -0.25) is 9.59 Å². The Morgan fingerprint density at radius 3 is 2.54 bits per heavy atom. The normalized spacial score (nSPS) is 10.5. The minimum absolute atomic E-state index is 0.00342. The zero-order valence-corrected chi connectivity index (χ0v) is 16.1. The Morgan fingerprint density at radius 2 is 1.88 bits per heavy atom. The summed E-state index contributed by atoms with van der Waals surface area (Å²) in [5.74, 6) is 0.571. The number of aromatic nitrogens is 1. The number of nitrogens with zero attached hydrogens (tertiary/aromatic N) is 1. The van der Waals surface area contributed by atoms with Crippen molar-refractivity contribution >= 4 is 39.5 Å². The van der Waals surface area contributed by atoms with Crippen LogP contribution in [0.4, 0.5) is 5.13 Å². The second kappa shape index (κ2) is 8.25. The largest absolute Gasteiger partial charge is 0.497 e. The number of hydrogen-bond donors (Lipinski definition) is 1. The Kier molecular flexibility index (Phi) is 5.80. The SMILES string of the molecule is COc1ccc(-c2csc(NC(=O)CCC(=O)c3ccc(C)s3)n2)cc1. The lowest BCUT2D eigenvalue weighted by molar-refractivity contribution is -0.116. The highest BCUT2D eigenvalue weighted by atomic mass is 32.1. The van der Waals surface area contributed by atoms with Crippen LogP contribution in [0.15, 0.2) is 41.8 Å². The molecule has 0 aliphatic heterocycles. The molecule has 7 heteroatoms. The van der Waals surface area contributed by atoms with Crippen LogP contribution in [-0.2, 0) is 4.79 Å². The first kappa shape index (κ1) is 18.3. The van der Waals surface area contributed by atoms with E-state index < -0.39 is 0 Å². The van der Waals surface area contributed by atoms with Crippen LogP contribution in [0, 0.1) is 6.92 Å². The molecule has 3 aromatic rings. The van der Waals surface area contributed by atoms with Crippen LogP contribution in [0.25, 0.3) is 11.3 Å². The minimum Gasteiger partial charge on any atom is -0.497 e. The lowest BCUT2D eigenvalue weighted by atomic mass is 10.2. The smallest absolute Gasteiger partial charge is 0.226 e. The number of benzene rings is 1. The second-order valence-electron chi connectivity index (χ2n) is 5.65. The topological polar surface area (TPSA) is 68.3 Å². The Labute approximate surface area is 159 Å². The van der Waals surface area contributed by atoms with Crippen molar-refractivity contribution in [1.29, 1.82) is 0 Å². The van der Waals surface area contributed by atoms with Crippen molar-refractivity contribution in [2.24, 2.45) is 0 Å². The maximum absolute atomic E-state index is 12.1. The second-order valence-corrected chi connectivity index (χ2v) is 7.79. The highest BCUT2D eigenvalue weighted by Gasteiger charge is 2.13. The number of methoxy groups -OCH3 is 1. The van der Waals surface area contributed by atoms with Gasteiger partial charge in [-0.15, -0.1) is 22.7 Å². The average Bonchev–Trinajstić information content (AvgIpc) is 3.29. The molecule has 5 nitrogen and oxygen atoms in total. The van der Waals surface area contributed by atoms with Gasteiger partial charge < -0.3 is 10.1 Å². The molecule has 0 saturated carbocycles. The van der Waals surface area contributed by atoms with Gasteiger partial charge in [0.25, 0.3) is 0 Å². The zero-order valence-electron chi connectivity index (χ0n) is 14.4. The van der Waals surface area contributed by atoms with Crippen LogP contribution in [-0.4, -0.2) is 23.8 Å². The Morgan fingerprint density at radius 1 is 1.12 bits per heavy atom. The number of carbonyl (C=O) groups is 2.